The molecule has 0 radical (unpaired) electrons. The molecule has 0 aliphatic heterocycles. The van der Waals surface area contributed by atoms with Gasteiger partial charge in [0.05, 0.1) is 0 Å². The summed E-state index contributed by atoms with van der Waals surface area (Å²) in [4.78, 5) is 37.6. The summed E-state index contributed by atoms with van der Waals surface area (Å²) in [7, 11) is 0. The lowest BCUT2D eigenvalue weighted by Gasteiger charge is -2.18. The van der Waals surface area contributed by atoms with Crippen LogP contribution in [-0.2, 0) is 28.6 Å². The number of hydrogen-bond acceptors (Lipinski definition) is 6. The summed E-state index contributed by atoms with van der Waals surface area (Å²) in [5.41, 5.74) is 0. The third-order valence-corrected chi connectivity index (χ3v) is 11.2. The Balaban J connectivity index is 4.11. The number of unbranched alkanes of at least 4 members (excludes halogenated alkanes) is 29. The van der Waals surface area contributed by atoms with Crippen molar-refractivity contribution < 1.29 is 28.6 Å². The van der Waals surface area contributed by atoms with E-state index in [1.807, 2.05) is 0 Å². The van der Waals surface area contributed by atoms with Crippen LogP contribution < -0.4 is 0 Å². The third-order valence-electron chi connectivity index (χ3n) is 11.2. The Bertz CT molecular complexity index is 854. The minimum atomic E-state index is -0.759. The van der Waals surface area contributed by atoms with E-state index in [0.717, 1.165) is 76.0 Å². The Morgan fingerprint density at radius 1 is 0.339 bits per heavy atom. The van der Waals surface area contributed by atoms with Crippen LogP contribution in [0.4, 0.5) is 0 Å². The first-order chi connectivity index (χ1) is 27.2. The van der Waals surface area contributed by atoms with E-state index >= 15 is 0 Å². The molecule has 6 nitrogen and oxygen atoms in total. The Morgan fingerprint density at radius 2 is 0.589 bits per heavy atom. The van der Waals surface area contributed by atoms with Gasteiger partial charge in [-0.15, -0.1) is 0 Å². The standard InChI is InChI=1S/C50H96O6/c1-6-7-8-28-35-40-48(51)54-43-47(56-50(53)42-37-32-27-23-19-15-17-21-25-30-34-39-46(4)5)44-55-49(52)41-36-31-26-22-18-14-12-10-9-11-13-16-20-24-29-33-38-45(2)3/h45-47H,6-44H2,1-5H3/t47-/m0/s1. The summed E-state index contributed by atoms with van der Waals surface area (Å²) >= 11 is 0. The molecule has 0 spiro atoms. The molecule has 1 atom stereocenters. The first-order valence-corrected chi connectivity index (χ1v) is 24.7. The molecule has 0 N–H and O–H groups in total. The van der Waals surface area contributed by atoms with Gasteiger partial charge in [-0.3, -0.25) is 14.4 Å². The van der Waals surface area contributed by atoms with E-state index in [2.05, 4.69) is 34.6 Å². The highest BCUT2D eigenvalue weighted by atomic mass is 16.6. The number of esters is 3. The average molecular weight is 793 g/mol. The molecular formula is C50H96O6. The van der Waals surface area contributed by atoms with Crippen LogP contribution in [0, 0.1) is 11.8 Å². The molecule has 0 amide bonds. The van der Waals surface area contributed by atoms with Crippen LogP contribution in [0.3, 0.4) is 0 Å². The van der Waals surface area contributed by atoms with Gasteiger partial charge >= 0.3 is 17.9 Å². The molecule has 0 aliphatic carbocycles. The van der Waals surface area contributed by atoms with E-state index in [1.54, 1.807) is 0 Å². The Morgan fingerprint density at radius 3 is 0.875 bits per heavy atom. The van der Waals surface area contributed by atoms with Crippen molar-refractivity contribution >= 4 is 17.9 Å². The SMILES string of the molecule is CCCCCCCC(=O)OC[C@@H](COC(=O)CCCCCCCCCCCCCCCCCCC(C)C)OC(=O)CCCCCCCCCCCCCC(C)C. The predicted molar refractivity (Wildman–Crippen MR) is 238 cm³/mol. The maximum absolute atomic E-state index is 12.7. The van der Waals surface area contributed by atoms with Crippen molar-refractivity contribution in [3.63, 3.8) is 0 Å². The van der Waals surface area contributed by atoms with Crippen LogP contribution in [0.15, 0.2) is 0 Å². The van der Waals surface area contributed by atoms with Gasteiger partial charge in [0.1, 0.15) is 13.2 Å². The fraction of sp³-hybridized carbons (Fsp3) is 0.940. The molecule has 0 fully saturated rings. The van der Waals surface area contributed by atoms with E-state index in [0.29, 0.717) is 19.3 Å². The first-order valence-electron chi connectivity index (χ1n) is 24.7. The molecule has 332 valence electrons. The normalized spacial score (nSPS) is 12.1. The summed E-state index contributed by atoms with van der Waals surface area (Å²) < 4.78 is 16.7. The number of rotatable bonds is 44. The second-order valence-electron chi connectivity index (χ2n) is 18.1. The molecule has 6 heteroatoms. The quantitative estimate of drug-likeness (QED) is 0.0347. The number of carbonyl (C=O) groups excluding carboxylic acids is 3. The summed E-state index contributed by atoms with van der Waals surface area (Å²) in [5, 5.41) is 0. The lowest BCUT2D eigenvalue weighted by molar-refractivity contribution is -0.167. The van der Waals surface area contributed by atoms with Crippen molar-refractivity contribution in [1.82, 2.24) is 0 Å². The predicted octanol–water partition coefficient (Wildman–Crippen LogP) is 15.8. The van der Waals surface area contributed by atoms with Crippen molar-refractivity contribution in [2.75, 3.05) is 13.2 Å². The molecule has 0 aromatic carbocycles. The molecule has 0 rings (SSSR count). The Hall–Kier alpha value is -1.59. The van der Waals surface area contributed by atoms with Gasteiger partial charge in [-0.05, 0) is 31.1 Å². The van der Waals surface area contributed by atoms with Crippen molar-refractivity contribution in [2.45, 2.75) is 278 Å². The van der Waals surface area contributed by atoms with Crippen molar-refractivity contribution in [3.8, 4) is 0 Å². The minimum absolute atomic E-state index is 0.0650. The van der Waals surface area contributed by atoms with Crippen LogP contribution in [0.5, 0.6) is 0 Å². The highest BCUT2D eigenvalue weighted by Crippen LogP contribution is 2.17. The molecule has 56 heavy (non-hydrogen) atoms. The zero-order valence-electron chi connectivity index (χ0n) is 38.3. The second-order valence-corrected chi connectivity index (χ2v) is 18.1. The monoisotopic (exact) mass is 793 g/mol. The van der Waals surface area contributed by atoms with Gasteiger partial charge in [0.2, 0.25) is 0 Å². The zero-order valence-corrected chi connectivity index (χ0v) is 38.3. The van der Waals surface area contributed by atoms with Gasteiger partial charge in [0, 0.05) is 19.3 Å². The van der Waals surface area contributed by atoms with Crippen LogP contribution >= 0.6 is 0 Å². The summed E-state index contributed by atoms with van der Waals surface area (Å²) in [6.07, 6.45) is 42.7. The molecule has 0 aromatic heterocycles. The molecule has 0 bridgehead atoms. The molecular weight excluding hydrogens is 697 g/mol. The number of hydrogen-bond donors (Lipinski definition) is 0. The van der Waals surface area contributed by atoms with E-state index < -0.39 is 6.10 Å². The van der Waals surface area contributed by atoms with Crippen molar-refractivity contribution in [1.29, 1.82) is 0 Å². The van der Waals surface area contributed by atoms with E-state index in [1.165, 1.54) is 154 Å². The fourth-order valence-corrected chi connectivity index (χ4v) is 7.46. The topological polar surface area (TPSA) is 78.9 Å². The van der Waals surface area contributed by atoms with Crippen LogP contribution in [-0.4, -0.2) is 37.2 Å². The van der Waals surface area contributed by atoms with Gasteiger partial charge in [0.25, 0.3) is 0 Å². The lowest BCUT2D eigenvalue weighted by atomic mass is 10.0. The number of carbonyl (C=O) groups is 3. The lowest BCUT2D eigenvalue weighted by Crippen LogP contribution is -2.30. The number of ether oxygens (including phenoxy) is 3. The summed E-state index contributed by atoms with van der Waals surface area (Å²) in [6.45, 7) is 11.3. The third kappa shape index (κ3) is 43.5. The molecule has 0 aliphatic rings. The van der Waals surface area contributed by atoms with Crippen molar-refractivity contribution in [3.05, 3.63) is 0 Å². The molecule has 0 heterocycles. The average Bonchev–Trinajstić information content (AvgIpc) is 3.16. The maximum atomic E-state index is 12.7. The first kappa shape index (κ1) is 54.4. The Labute approximate surface area is 348 Å². The minimum Gasteiger partial charge on any atom is -0.462 e. The van der Waals surface area contributed by atoms with Gasteiger partial charge < -0.3 is 14.2 Å². The van der Waals surface area contributed by atoms with Crippen LogP contribution in [0.1, 0.15) is 272 Å². The zero-order chi connectivity index (χ0) is 41.2. The molecule has 0 saturated heterocycles. The summed E-state index contributed by atoms with van der Waals surface area (Å²) in [6, 6.07) is 0. The fourth-order valence-electron chi connectivity index (χ4n) is 7.46. The van der Waals surface area contributed by atoms with Crippen LogP contribution in [0.2, 0.25) is 0 Å². The van der Waals surface area contributed by atoms with Gasteiger partial charge in [-0.25, -0.2) is 0 Å². The largest absolute Gasteiger partial charge is 0.462 e. The Kier molecular flexibility index (Phi) is 41.8. The van der Waals surface area contributed by atoms with E-state index in [-0.39, 0.29) is 31.1 Å². The van der Waals surface area contributed by atoms with Gasteiger partial charge in [-0.1, -0.05) is 234 Å². The second kappa shape index (κ2) is 43.0. The van der Waals surface area contributed by atoms with Crippen molar-refractivity contribution in [2.24, 2.45) is 11.8 Å². The molecule has 0 unspecified atom stereocenters. The van der Waals surface area contributed by atoms with Gasteiger partial charge in [-0.2, -0.15) is 0 Å². The smallest absolute Gasteiger partial charge is 0.306 e. The maximum Gasteiger partial charge on any atom is 0.306 e. The highest BCUT2D eigenvalue weighted by molar-refractivity contribution is 5.71. The summed E-state index contributed by atoms with van der Waals surface area (Å²) in [5.74, 6) is 0.812. The molecule has 0 saturated carbocycles. The molecule has 0 aromatic rings. The van der Waals surface area contributed by atoms with Crippen LogP contribution in [0.25, 0.3) is 0 Å². The highest BCUT2D eigenvalue weighted by Gasteiger charge is 2.19. The van der Waals surface area contributed by atoms with Gasteiger partial charge in [0.15, 0.2) is 6.10 Å². The van der Waals surface area contributed by atoms with E-state index in [9.17, 15) is 14.4 Å². The van der Waals surface area contributed by atoms with E-state index in [4.69, 9.17) is 14.2 Å².